The minimum atomic E-state index is -4.67. The Morgan fingerprint density at radius 1 is 1.09 bits per heavy atom. The molecule has 0 saturated carbocycles. The van der Waals surface area contributed by atoms with Crippen LogP contribution in [0.1, 0.15) is 19.4 Å². The first-order valence-corrected chi connectivity index (χ1v) is 9.83. The van der Waals surface area contributed by atoms with Crippen molar-refractivity contribution < 1.29 is 25.9 Å². The van der Waals surface area contributed by atoms with E-state index >= 15 is 0 Å². The summed E-state index contributed by atoms with van der Waals surface area (Å²) in [5.74, 6) is 0. The fraction of sp³-hybridized carbons (Fsp3) is 0.500. The van der Waals surface area contributed by atoms with E-state index in [1.54, 1.807) is 6.92 Å². The van der Waals surface area contributed by atoms with Gasteiger partial charge in [-0.2, -0.15) is 8.42 Å². The topological polar surface area (TPSA) is 159 Å². The third kappa shape index (κ3) is 20.6. The monoisotopic (exact) mass is 371 g/mol. The highest BCUT2D eigenvalue weighted by Crippen LogP contribution is 2.15. The predicted octanol–water partition coefficient (Wildman–Crippen LogP) is 0.912. The van der Waals surface area contributed by atoms with Gasteiger partial charge in [-0.15, -0.1) is 0 Å². The molecule has 0 aliphatic carbocycles. The first kappa shape index (κ1) is 23.9. The Labute approximate surface area is 137 Å². The second-order valence-electron chi connectivity index (χ2n) is 4.32. The van der Waals surface area contributed by atoms with Crippen molar-refractivity contribution in [3.05, 3.63) is 23.8 Å². The molecule has 11 heteroatoms. The number of anilines is 2. The van der Waals surface area contributed by atoms with Gasteiger partial charge >= 0.3 is 10.4 Å². The maximum atomic E-state index is 10.1. The summed E-state index contributed by atoms with van der Waals surface area (Å²) in [6, 6.07) is 5.97. The number of nitrogens with two attached hydrogens (primary N) is 1. The van der Waals surface area contributed by atoms with Crippen molar-refractivity contribution in [1.82, 2.24) is 4.72 Å². The molecule has 23 heavy (non-hydrogen) atoms. The SMILES string of the molecule is CCNS(C)(=O)=O.CCNc1ccc(N)c(C)c1.O=S(=O)(O)O. The fourth-order valence-electron chi connectivity index (χ4n) is 1.25. The highest BCUT2D eigenvalue weighted by atomic mass is 32.3. The van der Waals surface area contributed by atoms with Gasteiger partial charge in [-0.1, -0.05) is 6.92 Å². The zero-order chi connectivity index (χ0) is 18.7. The van der Waals surface area contributed by atoms with E-state index in [4.69, 9.17) is 23.3 Å². The van der Waals surface area contributed by atoms with Gasteiger partial charge < -0.3 is 11.1 Å². The van der Waals surface area contributed by atoms with Crippen molar-refractivity contribution >= 4 is 31.8 Å². The van der Waals surface area contributed by atoms with Crippen molar-refractivity contribution in [2.24, 2.45) is 0 Å². The molecule has 0 unspecified atom stereocenters. The van der Waals surface area contributed by atoms with Gasteiger partial charge in [0.1, 0.15) is 0 Å². The van der Waals surface area contributed by atoms with Crippen LogP contribution in [0.5, 0.6) is 0 Å². The number of hydrogen-bond donors (Lipinski definition) is 5. The molecule has 0 aliphatic rings. The van der Waals surface area contributed by atoms with Crippen LogP contribution in [-0.2, 0) is 20.4 Å². The molecule has 0 bridgehead atoms. The third-order valence-electron chi connectivity index (χ3n) is 2.06. The van der Waals surface area contributed by atoms with Crippen molar-refractivity contribution in [2.45, 2.75) is 20.8 Å². The zero-order valence-electron chi connectivity index (χ0n) is 13.6. The van der Waals surface area contributed by atoms with Gasteiger partial charge in [0.25, 0.3) is 0 Å². The lowest BCUT2D eigenvalue weighted by atomic mass is 10.2. The van der Waals surface area contributed by atoms with E-state index in [1.165, 1.54) is 0 Å². The third-order valence-corrected chi connectivity index (χ3v) is 2.87. The average molecular weight is 371 g/mol. The van der Waals surface area contributed by atoms with Crippen LogP contribution in [0.2, 0.25) is 0 Å². The number of hydrogen-bond acceptors (Lipinski definition) is 6. The molecule has 1 aromatic rings. The maximum Gasteiger partial charge on any atom is 0.394 e. The Kier molecular flexibility index (Phi) is 11.6. The van der Waals surface area contributed by atoms with Gasteiger partial charge in [-0.3, -0.25) is 9.11 Å². The summed E-state index contributed by atoms with van der Waals surface area (Å²) in [5, 5.41) is 3.22. The number of sulfonamides is 1. The van der Waals surface area contributed by atoms with Crippen LogP contribution >= 0.6 is 0 Å². The average Bonchev–Trinajstić information content (AvgIpc) is 2.31. The Morgan fingerprint density at radius 2 is 1.57 bits per heavy atom. The summed E-state index contributed by atoms with van der Waals surface area (Å²) in [6.45, 7) is 7.24. The molecule has 0 fully saturated rings. The van der Waals surface area contributed by atoms with Crippen LogP contribution in [-0.4, -0.2) is 45.3 Å². The molecule has 0 aliphatic heterocycles. The number of benzene rings is 1. The van der Waals surface area contributed by atoms with Crippen LogP contribution in [0.4, 0.5) is 11.4 Å². The van der Waals surface area contributed by atoms with Crippen LogP contribution in [0.3, 0.4) is 0 Å². The molecular formula is C12H25N3O6S2. The van der Waals surface area contributed by atoms with Crippen molar-refractivity contribution in [2.75, 3.05) is 30.4 Å². The lowest BCUT2D eigenvalue weighted by molar-refractivity contribution is 0.381. The Bertz CT molecular complexity index is 651. The summed E-state index contributed by atoms with van der Waals surface area (Å²) < 4.78 is 54.1. The van der Waals surface area contributed by atoms with Crippen LogP contribution in [0.25, 0.3) is 0 Å². The standard InChI is InChI=1S/C9H14N2.C3H9NO2S.H2O4S/c1-3-11-8-4-5-9(10)7(2)6-8;1-3-4-7(2,5)6;1-5(2,3)4/h4-6,11H,3,10H2,1-2H3;4H,3H2,1-2H3;(H2,1,2,3,4). The van der Waals surface area contributed by atoms with Crippen LogP contribution in [0, 0.1) is 6.92 Å². The summed E-state index contributed by atoms with van der Waals surface area (Å²) >= 11 is 0. The number of rotatable bonds is 4. The first-order valence-electron chi connectivity index (χ1n) is 6.54. The van der Waals surface area contributed by atoms with E-state index < -0.39 is 20.4 Å². The molecule has 1 rings (SSSR count). The van der Waals surface area contributed by atoms with Gasteiger partial charge in [0.2, 0.25) is 10.0 Å². The quantitative estimate of drug-likeness (QED) is 0.386. The van der Waals surface area contributed by atoms with E-state index in [2.05, 4.69) is 23.0 Å². The second kappa shape index (κ2) is 11.2. The molecule has 0 atom stereocenters. The molecule has 0 heterocycles. The van der Waals surface area contributed by atoms with Gasteiger partial charge in [-0.05, 0) is 37.6 Å². The Morgan fingerprint density at radius 3 is 1.83 bits per heavy atom. The molecule has 136 valence electrons. The van der Waals surface area contributed by atoms with E-state index in [0.717, 1.165) is 29.7 Å². The number of nitrogen functional groups attached to an aromatic ring is 1. The summed E-state index contributed by atoms with van der Waals surface area (Å²) in [5.41, 5.74) is 8.78. The molecule has 6 N–H and O–H groups in total. The highest BCUT2D eigenvalue weighted by molar-refractivity contribution is 7.88. The fourth-order valence-corrected chi connectivity index (χ4v) is 1.78. The van der Waals surface area contributed by atoms with Crippen molar-refractivity contribution in [3.8, 4) is 0 Å². The molecule has 9 nitrogen and oxygen atoms in total. The van der Waals surface area contributed by atoms with E-state index in [9.17, 15) is 8.42 Å². The Balaban J connectivity index is 0. The van der Waals surface area contributed by atoms with Gasteiger partial charge in [-0.25, -0.2) is 13.1 Å². The number of aryl methyl sites for hydroxylation is 1. The first-order chi connectivity index (χ1) is 10.3. The Hall–Kier alpha value is -1.40. The van der Waals surface area contributed by atoms with Gasteiger partial charge in [0.15, 0.2) is 0 Å². The van der Waals surface area contributed by atoms with Crippen molar-refractivity contribution in [1.29, 1.82) is 0 Å². The maximum absolute atomic E-state index is 10.1. The molecule has 0 radical (unpaired) electrons. The lowest BCUT2D eigenvalue weighted by Gasteiger charge is -2.05. The summed E-state index contributed by atoms with van der Waals surface area (Å²) in [7, 11) is -7.59. The minimum absolute atomic E-state index is 0.471. The molecule has 0 spiro atoms. The smallest absolute Gasteiger partial charge is 0.394 e. The van der Waals surface area contributed by atoms with Crippen LogP contribution < -0.4 is 15.8 Å². The summed E-state index contributed by atoms with van der Waals surface area (Å²) in [4.78, 5) is 0. The van der Waals surface area contributed by atoms with E-state index in [0.29, 0.717) is 6.54 Å². The van der Waals surface area contributed by atoms with Crippen LogP contribution in [0.15, 0.2) is 18.2 Å². The molecule has 0 saturated heterocycles. The summed E-state index contributed by atoms with van der Waals surface area (Å²) in [6.07, 6.45) is 1.14. The molecule has 1 aromatic carbocycles. The number of nitrogens with one attached hydrogen (secondary N) is 2. The molecular weight excluding hydrogens is 346 g/mol. The lowest BCUT2D eigenvalue weighted by Crippen LogP contribution is -2.20. The normalized spacial score (nSPS) is 10.7. The van der Waals surface area contributed by atoms with Gasteiger partial charge in [0.05, 0.1) is 6.26 Å². The van der Waals surface area contributed by atoms with Crippen molar-refractivity contribution in [3.63, 3.8) is 0 Å². The molecule has 0 aromatic heterocycles. The predicted molar refractivity (Wildman–Crippen MR) is 92.5 cm³/mol. The van der Waals surface area contributed by atoms with Gasteiger partial charge in [0, 0.05) is 24.5 Å². The van der Waals surface area contributed by atoms with E-state index in [1.807, 2.05) is 19.1 Å². The highest BCUT2D eigenvalue weighted by Gasteiger charge is 1.94. The zero-order valence-corrected chi connectivity index (χ0v) is 15.2. The second-order valence-corrected chi connectivity index (χ2v) is 7.05. The minimum Gasteiger partial charge on any atom is -0.399 e. The van der Waals surface area contributed by atoms with E-state index in [-0.39, 0.29) is 0 Å². The molecule has 0 amide bonds. The largest absolute Gasteiger partial charge is 0.399 e.